The van der Waals surface area contributed by atoms with Crippen LogP contribution < -0.4 is 15.5 Å². The Morgan fingerprint density at radius 3 is 2.38 bits per heavy atom. The SMILES string of the molecule is CN[C@@H](C)C(=O)Nc1ccc2c(n1)CN(C(C)C)C(=O)N2c1ccc(Cl)cc1.Cl. The first-order valence-electron chi connectivity index (χ1n) is 9.16. The maximum atomic E-state index is 13.1. The van der Waals surface area contributed by atoms with E-state index in [-0.39, 0.29) is 36.4 Å². The lowest BCUT2D eigenvalue weighted by atomic mass is 10.1. The number of carbonyl (C=O) groups excluding carboxylic acids is 2. The molecule has 9 heteroatoms. The minimum Gasteiger partial charge on any atom is -0.316 e. The number of anilines is 3. The number of benzene rings is 1. The van der Waals surface area contributed by atoms with Gasteiger partial charge in [0.25, 0.3) is 0 Å². The molecule has 3 rings (SSSR count). The molecule has 1 aromatic carbocycles. The second-order valence-electron chi connectivity index (χ2n) is 6.98. The van der Waals surface area contributed by atoms with E-state index in [0.717, 1.165) is 5.69 Å². The number of carbonyl (C=O) groups is 2. The van der Waals surface area contributed by atoms with Gasteiger partial charge in [-0.05, 0) is 64.2 Å². The molecule has 3 amide bonds. The van der Waals surface area contributed by atoms with Crippen molar-refractivity contribution in [3.8, 4) is 0 Å². The number of amides is 3. The third kappa shape index (κ3) is 4.80. The van der Waals surface area contributed by atoms with E-state index < -0.39 is 0 Å². The summed E-state index contributed by atoms with van der Waals surface area (Å²) in [6.45, 7) is 6.07. The fourth-order valence-electron chi connectivity index (χ4n) is 2.95. The first-order chi connectivity index (χ1) is 13.3. The van der Waals surface area contributed by atoms with E-state index in [9.17, 15) is 9.59 Å². The molecule has 2 N–H and O–H groups in total. The van der Waals surface area contributed by atoms with Crippen molar-refractivity contribution in [2.75, 3.05) is 17.3 Å². The van der Waals surface area contributed by atoms with Crippen molar-refractivity contribution in [1.82, 2.24) is 15.2 Å². The van der Waals surface area contributed by atoms with Crippen LogP contribution in [0.2, 0.25) is 5.02 Å². The van der Waals surface area contributed by atoms with E-state index in [1.807, 2.05) is 19.9 Å². The van der Waals surface area contributed by atoms with Gasteiger partial charge < -0.3 is 15.5 Å². The summed E-state index contributed by atoms with van der Waals surface area (Å²) in [4.78, 5) is 33.3. The van der Waals surface area contributed by atoms with Gasteiger partial charge in [0.1, 0.15) is 5.82 Å². The number of hydrogen-bond donors (Lipinski definition) is 2. The number of likely N-dealkylation sites (N-methyl/N-ethyl adjacent to an activating group) is 1. The zero-order valence-electron chi connectivity index (χ0n) is 16.8. The molecule has 2 aromatic rings. The summed E-state index contributed by atoms with van der Waals surface area (Å²) >= 11 is 6.00. The molecule has 0 saturated heterocycles. The third-order valence-electron chi connectivity index (χ3n) is 4.73. The van der Waals surface area contributed by atoms with Crippen molar-refractivity contribution in [3.05, 3.63) is 47.1 Å². The normalized spacial score (nSPS) is 14.3. The van der Waals surface area contributed by atoms with Crippen LogP contribution in [0.5, 0.6) is 0 Å². The van der Waals surface area contributed by atoms with E-state index >= 15 is 0 Å². The van der Waals surface area contributed by atoms with Crippen LogP contribution in [0.25, 0.3) is 0 Å². The smallest absolute Gasteiger partial charge is 0.316 e. The maximum absolute atomic E-state index is 13.1. The average molecular weight is 438 g/mol. The molecule has 7 nitrogen and oxygen atoms in total. The van der Waals surface area contributed by atoms with Gasteiger partial charge in [0.2, 0.25) is 5.91 Å². The van der Waals surface area contributed by atoms with Gasteiger partial charge in [-0.15, -0.1) is 12.4 Å². The molecule has 1 aromatic heterocycles. The molecule has 0 aliphatic carbocycles. The Morgan fingerprint density at radius 2 is 1.79 bits per heavy atom. The molecule has 0 bridgehead atoms. The first kappa shape index (κ1) is 22.9. The highest BCUT2D eigenvalue weighted by atomic mass is 35.5. The standard InChI is InChI=1S/C20H24ClN5O2.ClH/c1-12(2)25-11-16-17(9-10-18(23-16)24-19(27)13(3)22-4)26(20(25)28)15-7-5-14(21)6-8-15;/h5-10,12-13,22H,11H2,1-4H3,(H,23,24,27);1H/t13-;/m0./s1. The topological polar surface area (TPSA) is 77.6 Å². The number of nitrogens with zero attached hydrogens (tertiary/aromatic N) is 3. The van der Waals surface area contributed by atoms with Crippen molar-refractivity contribution in [1.29, 1.82) is 0 Å². The van der Waals surface area contributed by atoms with Gasteiger partial charge in [-0.25, -0.2) is 9.78 Å². The molecule has 1 atom stereocenters. The fourth-order valence-corrected chi connectivity index (χ4v) is 3.08. The van der Waals surface area contributed by atoms with Gasteiger partial charge in [0.15, 0.2) is 0 Å². The van der Waals surface area contributed by atoms with Crippen LogP contribution in [-0.4, -0.2) is 41.0 Å². The molecule has 0 fully saturated rings. The van der Waals surface area contributed by atoms with E-state index in [1.165, 1.54) is 0 Å². The Labute approximate surface area is 181 Å². The van der Waals surface area contributed by atoms with Crippen molar-refractivity contribution in [2.45, 2.75) is 39.4 Å². The number of aromatic nitrogens is 1. The molecular formula is C20H25Cl2N5O2. The van der Waals surface area contributed by atoms with E-state index in [0.29, 0.717) is 28.8 Å². The van der Waals surface area contributed by atoms with Gasteiger partial charge >= 0.3 is 6.03 Å². The van der Waals surface area contributed by atoms with Gasteiger partial charge in [-0.3, -0.25) is 9.69 Å². The maximum Gasteiger partial charge on any atom is 0.329 e. The molecule has 1 aliphatic rings. The summed E-state index contributed by atoms with van der Waals surface area (Å²) in [6, 6.07) is 10.2. The number of rotatable bonds is 5. The van der Waals surface area contributed by atoms with Gasteiger partial charge in [0, 0.05) is 11.1 Å². The lowest BCUT2D eigenvalue weighted by molar-refractivity contribution is -0.117. The van der Waals surface area contributed by atoms with Gasteiger partial charge in [-0.2, -0.15) is 0 Å². The molecule has 156 valence electrons. The molecule has 0 unspecified atom stereocenters. The van der Waals surface area contributed by atoms with Crippen molar-refractivity contribution in [2.24, 2.45) is 0 Å². The number of halogens is 2. The summed E-state index contributed by atoms with van der Waals surface area (Å²) in [5.41, 5.74) is 2.13. The largest absolute Gasteiger partial charge is 0.329 e. The monoisotopic (exact) mass is 437 g/mol. The Morgan fingerprint density at radius 1 is 1.14 bits per heavy atom. The van der Waals surface area contributed by atoms with Gasteiger partial charge in [0.05, 0.1) is 29.7 Å². The second-order valence-corrected chi connectivity index (χ2v) is 7.41. The fraction of sp³-hybridized carbons (Fsp3) is 0.350. The minimum atomic E-state index is -0.336. The van der Waals surface area contributed by atoms with Crippen LogP contribution in [0.3, 0.4) is 0 Å². The predicted molar refractivity (Wildman–Crippen MR) is 118 cm³/mol. The average Bonchev–Trinajstić information content (AvgIpc) is 2.67. The van der Waals surface area contributed by atoms with Crippen LogP contribution >= 0.6 is 24.0 Å². The number of nitrogens with one attached hydrogen (secondary N) is 2. The number of hydrogen-bond acceptors (Lipinski definition) is 4. The van der Waals surface area contributed by atoms with Crippen LogP contribution in [0.15, 0.2) is 36.4 Å². The van der Waals surface area contributed by atoms with E-state index in [1.54, 1.807) is 54.1 Å². The molecule has 0 saturated carbocycles. The van der Waals surface area contributed by atoms with Crippen LogP contribution in [-0.2, 0) is 11.3 Å². The number of pyridine rings is 1. The van der Waals surface area contributed by atoms with E-state index in [4.69, 9.17) is 11.6 Å². The molecule has 2 heterocycles. The van der Waals surface area contributed by atoms with Crippen LogP contribution in [0, 0.1) is 0 Å². The van der Waals surface area contributed by atoms with Crippen molar-refractivity contribution >= 4 is 53.1 Å². The zero-order valence-corrected chi connectivity index (χ0v) is 18.3. The van der Waals surface area contributed by atoms with Gasteiger partial charge in [-0.1, -0.05) is 11.6 Å². The molecule has 0 spiro atoms. The Hall–Kier alpha value is -2.35. The highest BCUT2D eigenvalue weighted by Crippen LogP contribution is 2.36. The van der Waals surface area contributed by atoms with Crippen LogP contribution in [0.1, 0.15) is 26.5 Å². The molecular weight excluding hydrogens is 413 g/mol. The summed E-state index contributed by atoms with van der Waals surface area (Å²) in [7, 11) is 1.72. The quantitative estimate of drug-likeness (QED) is 0.734. The van der Waals surface area contributed by atoms with Crippen molar-refractivity contribution < 1.29 is 9.59 Å². The predicted octanol–water partition coefficient (Wildman–Crippen LogP) is 4.19. The molecule has 1 aliphatic heterocycles. The number of fused-ring (bicyclic) bond motifs is 1. The van der Waals surface area contributed by atoms with E-state index in [2.05, 4.69) is 15.6 Å². The summed E-state index contributed by atoms with van der Waals surface area (Å²) in [5.74, 6) is 0.289. The minimum absolute atomic E-state index is 0. The lowest BCUT2D eigenvalue weighted by Crippen LogP contribution is -2.48. The highest BCUT2D eigenvalue weighted by Gasteiger charge is 2.34. The summed E-state index contributed by atoms with van der Waals surface area (Å²) < 4.78 is 0. The summed E-state index contributed by atoms with van der Waals surface area (Å²) in [5, 5.41) is 6.31. The summed E-state index contributed by atoms with van der Waals surface area (Å²) in [6.07, 6.45) is 0. The van der Waals surface area contributed by atoms with Crippen LogP contribution in [0.4, 0.5) is 22.0 Å². The highest BCUT2D eigenvalue weighted by molar-refractivity contribution is 6.30. The number of urea groups is 1. The Kier molecular flexibility index (Phi) is 7.46. The zero-order chi connectivity index (χ0) is 20.4. The lowest BCUT2D eigenvalue weighted by Gasteiger charge is -2.38. The first-order valence-corrected chi connectivity index (χ1v) is 9.54. The third-order valence-corrected chi connectivity index (χ3v) is 4.99. The Balaban J connectivity index is 0.00000300. The molecule has 29 heavy (non-hydrogen) atoms. The second kappa shape index (κ2) is 9.43. The Bertz CT molecular complexity index is 889. The molecule has 0 radical (unpaired) electrons. The van der Waals surface area contributed by atoms with Crippen molar-refractivity contribution in [3.63, 3.8) is 0 Å².